The number of benzene rings is 1. The van der Waals surface area contributed by atoms with E-state index in [1.807, 2.05) is 32.0 Å². The molecule has 0 aromatic heterocycles. The van der Waals surface area contributed by atoms with Crippen LogP contribution in [0.1, 0.15) is 21.5 Å². The van der Waals surface area contributed by atoms with Gasteiger partial charge in [0.1, 0.15) is 0 Å². The van der Waals surface area contributed by atoms with Gasteiger partial charge in [-0.05, 0) is 25.5 Å². The van der Waals surface area contributed by atoms with Crippen LogP contribution >= 0.6 is 0 Å². The minimum Gasteiger partial charge on any atom is -0.379 e. The van der Waals surface area contributed by atoms with Gasteiger partial charge in [0.15, 0.2) is 0 Å². The first-order chi connectivity index (χ1) is 11.9. The second-order valence-corrected chi connectivity index (χ2v) is 8.46. The average Bonchev–Trinajstić information content (AvgIpc) is 2.62. The number of aryl methyl sites for hydroxylation is 2. The largest absolute Gasteiger partial charge is 0.379 e. The van der Waals surface area contributed by atoms with Gasteiger partial charge in [0, 0.05) is 44.8 Å². The third-order valence-corrected chi connectivity index (χ3v) is 6.80. The first kappa shape index (κ1) is 18.3. The zero-order valence-electron chi connectivity index (χ0n) is 14.8. The molecule has 0 spiro atoms. The Labute approximate surface area is 149 Å². The highest BCUT2D eigenvalue weighted by Crippen LogP contribution is 2.17. The van der Waals surface area contributed by atoms with Crippen molar-refractivity contribution in [2.45, 2.75) is 13.8 Å². The van der Waals surface area contributed by atoms with E-state index >= 15 is 0 Å². The van der Waals surface area contributed by atoms with E-state index in [4.69, 9.17) is 4.74 Å². The molecule has 0 aliphatic carbocycles. The molecule has 1 aromatic rings. The Morgan fingerprint density at radius 1 is 0.960 bits per heavy atom. The van der Waals surface area contributed by atoms with Crippen LogP contribution in [0.15, 0.2) is 18.2 Å². The number of piperazine rings is 1. The number of hydrogen-bond acceptors (Lipinski definition) is 4. The van der Waals surface area contributed by atoms with Gasteiger partial charge >= 0.3 is 0 Å². The Morgan fingerprint density at radius 2 is 1.56 bits per heavy atom. The Morgan fingerprint density at radius 3 is 2.16 bits per heavy atom. The van der Waals surface area contributed by atoms with E-state index < -0.39 is 10.2 Å². The maximum absolute atomic E-state index is 12.7. The summed E-state index contributed by atoms with van der Waals surface area (Å²) in [5, 5.41) is 0. The second-order valence-electron chi connectivity index (χ2n) is 6.53. The Bertz CT molecular complexity index is 736. The summed E-state index contributed by atoms with van der Waals surface area (Å²) in [6.07, 6.45) is 0. The van der Waals surface area contributed by atoms with Gasteiger partial charge in [-0.2, -0.15) is 17.0 Å². The number of rotatable bonds is 3. The third-order valence-electron chi connectivity index (χ3n) is 4.76. The van der Waals surface area contributed by atoms with Crippen molar-refractivity contribution in [2.24, 2.45) is 0 Å². The van der Waals surface area contributed by atoms with E-state index in [1.54, 1.807) is 4.90 Å². The molecule has 1 aromatic carbocycles. The van der Waals surface area contributed by atoms with Gasteiger partial charge in [0.2, 0.25) is 0 Å². The predicted molar refractivity (Wildman–Crippen MR) is 94.7 cm³/mol. The first-order valence-electron chi connectivity index (χ1n) is 8.59. The number of amides is 1. The first-order valence-corrected chi connectivity index (χ1v) is 9.99. The van der Waals surface area contributed by atoms with Gasteiger partial charge in [0.25, 0.3) is 16.1 Å². The summed E-state index contributed by atoms with van der Waals surface area (Å²) >= 11 is 0. The van der Waals surface area contributed by atoms with Crippen LogP contribution in [0.2, 0.25) is 0 Å². The van der Waals surface area contributed by atoms with Crippen LogP contribution in [0.5, 0.6) is 0 Å². The van der Waals surface area contributed by atoms with Crippen molar-refractivity contribution in [1.82, 2.24) is 13.5 Å². The Hall–Kier alpha value is -1.48. The van der Waals surface area contributed by atoms with Crippen molar-refractivity contribution in [3.8, 4) is 0 Å². The Kier molecular flexibility index (Phi) is 5.43. The fraction of sp³-hybridized carbons (Fsp3) is 0.588. The molecule has 1 amide bonds. The summed E-state index contributed by atoms with van der Waals surface area (Å²) in [4.78, 5) is 14.5. The topological polar surface area (TPSA) is 70.2 Å². The molecule has 7 nitrogen and oxygen atoms in total. The highest BCUT2D eigenvalue weighted by Gasteiger charge is 2.34. The van der Waals surface area contributed by atoms with Crippen LogP contribution in [0.3, 0.4) is 0 Å². The molecule has 3 rings (SSSR count). The summed E-state index contributed by atoms with van der Waals surface area (Å²) in [6, 6.07) is 5.77. The fourth-order valence-corrected chi connectivity index (χ4v) is 4.85. The Balaban J connectivity index is 1.64. The maximum Gasteiger partial charge on any atom is 0.282 e. The van der Waals surface area contributed by atoms with Crippen LogP contribution in [0.25, 0.3) is 0 Å². The van der Waals surface area contributed by atoms with Crippen LogP contribution < -0.4 is 0 Å². The zero-order valence-corrected chi connectivity index (χ0v) is 15.6. The molecule has 0 atom stereocenters. The van der Waals surface area contributed by atoms with E-state index in [1.165, 1.54) is 8.61 Å². The van der Waals surface area contributed by atoms with E-state index in [0.29, 0.717) is 58.0 Å². The predicted octanol–water partition coefficient (Wildman–Crippen LogP) is 0.638. The van der Waals surface area contributed by atoms with Crippen molar-refractivity contribution < 1.29 is 17.9 Å². The molecule has 2 saturated heterocycles. The maximum atomic E-state index is 12.7. The molecule has 25 heavy (non-hydrogen) atoms. The van der Waals surface area contributed by atoms with Crippen LogP contribution in [0, 0.1) is 13.8 Å². The molecule has 2 fully saturated rings. The van der Waals surface area contributed by atoms with Crippen molar-refractivity contribution >= 4 is 16.1 Å². The monoisotopic (exact) mass is 367 g/mol. The fourth-order valence-electron chi connectivity index (χ4n) is 3.29. The average molecular weight is 367 g/mol. The smallest absolute Gasteiger partial charge is 0.282 e. The summed E-state index contributed by atoms with van der Waals surface area (Å²) in [5.74, 6) is -0.0269. The lowest BCUT2D eigenvalue weighted by Crippen LogP contribution is -2.55. The third kappa shape index (κ3) is 3.87. The lowest BCUT2D eigenvalue weighted by atomic mass is 10.0. The molecule has 138 valence electrons. The number of ether oxygens (including phenoxy) is 1. The highest BCUT2D eigenvalue weighted by molar-refractivity contribution is 7.86. The van der Waals surface area contributed by atoms with Crippen LogP contribution in [0.4, 0.5) is 0 Å². The van der Waals surface area contributed by atoms with Gasteiger partial charge in [-0.3, -0.25) is 4.79 Å². The number of nitrogens with zero attached hydrogens (tertiary/aromatic N) is 3. The lowest BCUT2D eigenvalue weighted by Gasteiger charge is -2.37. The van der Waals surface area contributed by atoms with Crippen molar-refractivity contribution in [1.29, 1.82) is 0 Å². The number of carbonyl (C=O) groups is 1. The molecule has 2 heterocycles. The lowest BCUT2D eigenvalue weighted by molar-refractivity contribution is 0.0636. The molecule has 0 bridgehead atoms. The van der Waals surface area contributed by atoms with Gasteiger partial charge in [-0.15, -0.1) is 0 Å². The molecule has 2 aliphatic heterocycles. The van der Waals surface area contributed by atoms with Gasteiger partial charge in [0.05, 0.1) is 13.2 Å². The van der Waals surface area contributed by atoms with E-state index in [0.717, 1.165) is 11.1 Å². The number of morpholine rings is 1. The zero-order chi connectivity index (χ0) is 18.0. The van der Waals surface area contributed by atoms with Gasteiger partial charge in [-0.1, -0.05) is 17.7 Å². The SMILES string of the molecule is Cc1ccc(C(=O)N2CCN(S(=O)(=O)N3CCOCC3)CC2)c(C)c1. The second kappa shape index (κ2) is 7.41. The quantitative estimate of drug-likeness (QED) is 0.786. The van der Waals surface area contributed by atoms with Crippen LogP contribution in [-0.4, -0.2) is 80.3 Å². The van der Waals surface area contributed by atoms with Crippen molar-refractivity contribution in [2.75, 3.05) is 52.5 Å². The molecule has 8 heteroatoms. The summed E-state index contributed by atoms with van der Waals surface area (Å²) in [5.41, 5.74) is 2.76. The minimum atomic E-state index is -3.46. The molecular formula is C17H25N3O4S. The van der Waals surface area contributed by atoms with Gasteiger partial charge in [-0.25, -0.2) is 0 Å². The molecule has 0 N–H and O–H groups in total. The summed E-state index contributed by atoms with van der Waals surface area (Å²) in [6.45, 7) is 7.07. The van der Waals surface area contributed by atoms with E-state index in [-0.39, 0.29) is 5.91 Å². The van der Waals surface area contributed by atoms with Crippen LogP contribution in [-0.2, 0) is 14.9 Å². The number of carbonyl (C=O) groups excluding carboxylic acids is 1. The summed E-state index contributed by atoms with van der Waals surface area (Å²) < 4.78 is 33.5. The molecule has 0 saturated carbocycles. The molecular weight excluding hydrogens is 342 g/mol. The van der Waals surface area contributed by atoms with E-state index in [9.17, 15) is 13.2 Å². The summed E-state index contributed by atoms with van der Waals surface area (Å²) in [7, 11) is -3.46. The van der Waals surface area contributed by atoms with Crippen molar-refractivity contribution in [3.63, 3.8) is 0 Å². The minimum absolute atomic E-state index is 0.0269. The molecule has 2 aliphatic rings. The van der Waals surface area contributed by atoms with Crippen molar-refractivity contribution in [3.05, 3.63) is 34.9 Å². The van der Waals surface area contributed by atoms with E-state index in [2.05, 4.69) is 0 Å². The molecule has 0 radical (unpaired) electrons. The molecule has 0 unspecified atom stereocenters. The van der Waals surface area contributed by atoms with Gasteiger partial charge < -0.3 is 9.64 Å². The standard InChI is InChI=1S/C17H25N3O4S/c1-14-3-4-16(15(2)13-14)17(21)18-5-7-19(8-6-18)25(22,23)20-9-11-24-12-10-20/h3-4,13H,5-12H2,1-2H3. The normalized spacial score (nSPS) is 20.6. The number of hydrogen-bond donors (Lipinski definition) is 0. The highest BCUT2D eigenvalue weighted by atomic mass is 32.2.